The number of nitrogens with one attached hydrogen (secondary N) is 1. The number of H-pyrrole nitrogens is 1. The molecule has 1 saturated heterocycles. The molecule has 0 aliphatic carbocycles. The van der Waals surface area contributed by atoms with E-state index in [1.54, 1.807) is 0 Å². The molecule has 0 amide bonds. The number of aryl methyl sites for hydroxylation is 1. The van der Waals surface area contributed by atoms with Crippen LogP contribution in [0.5, 0.6) is 0 Å². The van der Waals surface area contributed by atoms with Crippen molar-refractivity contribution in [1.82, 2.24) is 14.5 Å². The summed E-state index contributed by atoms with van der Waals surface area (Å²) in [5, 5.41) is 0. The van der Waals surface area contributed by atoms with Gasteiger partial charge in [0, 0.05) is 31.0 Å². The van der Waals surface area contributed by atoms with E-state index in [2.05, 4.69) is 34.5 Å². The van der Waals surface area contributed by atoms with Crippen LogP contribution < -0.4 is 0 Å². The molecule has 1 N–H and O–H groups in total. The summed E-state index contributed by atoms with van der Waals surface area (Å²) in [4.78, 5) is 5.61. The van der Waals surface area contributed by atoms with Gasteiger partial charge in [0.2, 0.25) is 0 Å². The van der Waals surface area contributed by atoms with Crippen LogP contribution in [0.15, 0.2) is 6.20 Å². The number of hydrogen-bond acceptors (Lipinski definition) is 2. The Hall–Kier alpha value is -0.610. The Morgan fingerprint density at radius 3 is 2.57 bits per heavy atom. The van der Waals surface area contributed by atoms with Crippen molar-refractivity contribution in [3.05, 3.63) is 16.7 Å². The Balaban J connectivity index is 2.06. The van der Waals surface area contributed by atoms with Crippen LogP contribution in [-0.4, -0.2) is 33.6 Å². The van der Waals surface area contributed by atoms with Gasteiger partial charge in [0.05, 0.1) is 6.04 Å². The van der Waals surface area contributed by atoms with Gasteiger partial charge in [-0.15, -0.1) is 0 Å². The van der Waals surface area contributed by atoms with Crippen LogP contribution in [0.4, 0.5) is 0 Å². The summed E-state index contributed by atoms with van der Waals surface area (Å²) < 4.78 is 3.04. The first-order valence-electron chi connectivity index (χ1n) is 5.09. The minimum atomic E-state index is 0.579. The second-order valence-electron chi connectivity index (χ2n) is 4.35. The average Bonchev–Trinajstić information content (AvgIpc) is 2.26. The first-order chi connectivity index (χ1) is 6.58. The van der Waals surface area contributed by atoms with Gasteiger partial charge < -0.3 is 9.55 Å². The zero-order chi connectivity index (χ0) is 10.3. The van der Waals surface area contributed by atoms with Crippen LogP contribution >= 0.6 is 12.2 Å². The van der Waals surface area contributed by atoms with Gasteiger partial charge in [-0.1, -0.05) is 0 Å². The Labute approximate surface area is 89.7 Å². The first-order valence-corrected chi connectivity index (χ1v) is 5.50. The number of aromatic amines is 1. The van der Waals surface area contributed by atoms with E-state index in [1.165, 1.54) is 0 Å². The maximum absolute atomic E-state index is 5.24. The Kier molecular flexibility index (Phi) is 2.49. The third-order valence-electron chi connectivity index (χ3n) is 2.89. The molecular formula is C10H17N3S. The lowest BCUT2D eigenvalue weighted by Crippen LogP contribution is -2.50. The molecule has 1 aliphatic heterocycles. The number of nitrogens with zero attached hydrogens (tertiary/aromatic N) is 2. The molecular weight excluding hydrogens is 194 g/mol. The standard InChI is InChI=1S/C10H17N3S/c1-7(2)12-5-9(6-12)13-4-8(3)11-10(13)14/h4,7,9H,5-6H2,1-3H3,(H,11,14). The molecule has 4 heteroatoms. The number of imidazole rings is 1. The Morgan fingerprint density at radius 2 is 2.14 bits per heavy atom. The van der Waals surface area contributed by atoms with Crippen molar-refractivity contribution in [1.29, 1.82) is 0 Å². The topological polar surface area (TPSA) is 24.0 Å². The summed E-state index contributed by atoms with van der Waals surface area (Å²) >= 11 is 5.24. The van der Waals surface area contributed by atoms with Gasteiger partial charge in [-0.05, 0) is 33.0 Å². The van der Waals surface area contributed by atoms with Crippen molar-refractivity contribution < 1.29 is 0 Å². The highest BCUT2D eigenvalue weighted by atomic mass is 32.1. The quantitative estimate of drug-likeness (QED) is 0.758. The highest BCUT2D eigenvalue weighted by molar-refractivity contribution is 7.71. The van der Waals surface area contributed by atoms with Crippen molar-refractivity contribution in [2.75, 3.05) is 13.1 Å². The van der Waals surface area contributed by atoms with Crippen molar-refractivity contribution in [3.63, 3.8) is 0 Å². The van der Waals surface area contributed by atoms with Crippen molar-refractivity contribution >= 4 is 12.2 Å². The third-order valence-corrected chi connectivity index (χ3v) is 3.20. The molecule has 1 aliphatic rings. The molecule has 14 heavy (non-hydrogen) atoms. The van der Waals surface area contributed by atoms with E-state index in [0.717, 1.165) is 23.6 Å². The smallest absolute Gasteiger partial charge is 0.177 e. The zero-order valence-corrected chi connectivity index (χ0v) is 9.77. The van der Waals surface area contributed by atoms with Crippen molar-refractivity contribution in [3.8, 4) is 0 Å². The monoisotopic (exact) mass is 211 g/mol. The second-order valence-corrected chi connectivity index (χ2v) is 4.74. The fourth-order valence-corrected chi connectivity index (χ4v) is 2.25. The van der Waals surface area contributed by atoms with Crippen LogP contribution in [0.1, 0.15) is 25.6 Å². The van der Waals surface area contributed by atoms with Gasteiger partial charge in [-0.3, -0.25) is 4.90 Å². The first kappa shape index (κ1) is 9.93. The molecule has 1 aromatic heterocycles. The molecule has 2 rings (SSSR count). The van der Waals surface area contributed by atoms with E-state index < -0.39 is 0 Å². The number of rotatable bonds is 2. The van der Waals surface area contributed by atoms with Gasteiger partial charge in [-0.25, -0.2) is 0 Å². The van der Waals surface area contributed by atoms with E-state index >= 15 is 0 Å². The maximum Gasteiger partial charge on any atom is 0.177 e. The lowest BCUT2D eigenvalue weighted by atomic mass is 10.1. The molecule has 0 atom stereocenters. The lowest BCUT2D eigenvalue weighted by Gasteiger charge is -2.42. The molecule has 0 bridgehead atoms. The summed E-state index contributed by atoms with van der Waals surface area (Å²) in [6, 6.07) is 1.23. The van der Waals surface area contributed by atoms with Gasteiger partial charge in [0.15, 0.2) is 4.77 Å². The maximum atomic E-state index is 5.24. The molecule has 78 valence electrons. The summed E-state index contributed by atoms with van der Waals surface area (Å²) in [6.45, 7) is 8.77. The van der Waals surface area contributed by atoms with Crippen LogP contribution in [-0.2, 0) is 0 Å². The molecule has 0 radical (unpaired) electrons. The van der Waals surface area contributed by atoms with Crippen LogP contribution in [0.3, 0.4) is 0 Å². The fourth-order valence-electron chi connectivity index (χ4n) is 1.89. The van der Waals surface area contributed by atoms with Crippen molar-refractivity contribution in [2.45, 2.75) is 32.9 Å². The molecule has 0 unspecified atom stereocenters. The molecule has 1 fully saturated rings. The Morgan fingerprint density at radius 1 is 1.50 bits per heavy atom. The van der Waals surface area contributed by atoms with Crippen LogP contribution in [0.25, 0.3) is 0 Å². The van der Waals surface area contributed by atoms with Gasteiger partial charge in [0.25, 0.3) is 0 Å². The van der Waals surface area contributed by atoms with E-state index in [9.17, 15) is 0 Å². The zero-order valence-electron chi connectivity index (χ0n) is 8.95. The summed E-state index contributed by atoms with van der Waals surface area (Å²) in [5.74, 6) is 0. The molecule has 3 nitrogen and oxygen atoms in total. The summed E-state index contributed by atoms with van der Waals surface area (Å²) in [7, 11) is 0. The SMILES string of the molecule is Cc1cn(C2CN(C(C)C)C2)c(=S)[nH]1. The number of hydrogen-bond donors (Lipinski definition) is 1. The number of likely N-dealkylation sites (tertiary alicyclic amines) is 1. The third kappa shape index (κ3) is 1.64. The van der Waals surface area contributed by atoms with Gasteiger partial charge in [-0.2, -0.15) is 0 Å². The molecule has 0 aromatic carbocycles. The second kappa shape index (κ2) is 3.51. The summed E-state index contributed by atoms with van der Waals surface area (Å²) in [5.41, 5.74) is 1.15. The fraction of sp³-hybridized carbons (Fsp3) is 0.700. The van der Waals surface area contributed by atoms with E-state index in [-0.39, 0.29) is 0 Å². The van der Waals surface area contributed by atoms with Crippen LogP contribution in [0, 0.1) is 11.7 Å². The minimum Gasteiger partial charge on any atom is -0.335 e. The molecule has 0 spiro atoms. The Bertz CT molecular complexity index is 371. The van der Waals surface area contributed by atoms with E-state index in [0.29, 0.717) is 12.1 Å². The van der Waals surface area contributed by atoms with E-state index in [1.807, 2.05) is 6.92 Å². The summed E-state index contributed by atoms with van der Waals surface area (Å²) in [6.07, 6.45) is 2.12. The van der Waals surface area contributed by atoms with Gasteiger partial charge >= 0.3 is 0 Å². The van der Waals surface area contributed by atoms with E-state index in [4.69, 9.17) is 12.2 Å². The van der Waals surface area contributed by atoms with Crippen molar-refractivity contribution in [2.24, 2.45) is 0 Å². The van der Waals surface area contributed by atoms with Crippen LogP contribution in [0.2, 0.25) is 0 Å². The minimum absolute atomic E-state index is 0.579. The molecule has 1 aromatic rings. The largest absolute Gasteiger partial charge is 0.335 e. The van der Waals surface area contributed by atoms with Gasteiger partial charge in [0.1, 0.15) is 0 Å². The normalized spacial score (nSPS) is 18.9. The number of aromatic nitrogens is 2. The highest BCUT2D eigenvalue weighted by Gasteiger charge is 2.29. The molecule has 2 heterocycles. The molecule has 0 saturated carbocycles. The highest BCUT2D eigenvalue weighted by Crippen LogP contribution is 2.23. The average molecular weight is 211 g/mol. The predicted octanol–water partition coefficient (Wildman–Crippen LogP) is 2.12. The lowest BCUT2D eigenvalue weighted by molar-refractivity contribution is 0.0735. The predicted molar refractivity (Wildman–Crippen MR) is 60.1 cm³/mol.